The van der Waals surface area contributed by atoms with Crippen molar-refractivity contribution in [3.63, 3.8) is 0 Å². The molecule has 0 aliphatic carbocycles. The average Bonchev–Trinajstić information content (AvgIpc) is 3.23. The molecule has 7 nitrogen and oxygen atoms in total. The zero-order valence-electron chi connectivity index (χ0n) is 18.7. The standard InChI is InChI=1S/C23H30ClN3O4S/c1-4-31-18-9-7-17(8-10-18)22-6-5-14-27(22)15-13-23(28)25-21-16-19(11-12-20(21)24)32(29,30)26(2)3/h7-12,16,22H,4-6,13-15H2,1-3H3,(H,25,28). The molecule has 3 rings (SSSR count). The fourth-order valence-corrected chi connectivity index (χ4v) is 4.95. The summed E-state index contributed by atoms with van der Waals surface area (Å²) in [4.78, 5) is 15.0. The fraction of sp³-hybridized carbons (Fsp3) is 0.435. The Morgan fingerprint density at radius 1 is 1.22 bits per heavy atom. The minimum atomic E-state index is -3.62. The molecule has 0 bridgehead atoms. The van der Waals surface area contributed by atoms with Gasteiger partial charge in [0.2, 0.25) is 15.9 Å². The maximum atomic E-state index is 12.6. The van der Waals surface area contributed by atoms with Crippen molar-refractivity contribution in [1.29, 1.82) is 0 Å². The first-order valence-electron chi connectivity index (χ1n) is 10.7. The van der Waals surface area contributed by atoms with Crippen LogP contribution < -0.4 is 10.1 Å². The average molecular weight is 480 g/mol. The van der Waals surface area contributed by atoms with Crippen LogP contribution in [0.2, 0.25) is 5.02 Å². The second-order valence-corrected chi connectivity index (χ2v) is 10.5. The molecular weight excluding hydrogens is 450 g/mol. The number of carbonyl (C=O) groups excluding carboxylic acids is 1. The lowest BCUT2D eigenvalue weighted by atomic mass is 10.0. The fourth-order valence-electron chi connectivity index (χ4n) is 3.85. The first-order valence-corrected chi connectivity index (χ1v) is 12.5. The van der Waals surface area contributed by atoms with Crippen LogP contribution in [0.1, 0.15) is 37.8 Å². The Morgan fingerprint density at radius 3 is 2.59 bits per heavy atom. The van der Waals surface area contributed by atoms with Crippen molar-refractivity contribution in [2.45, 2.75) is 37.1 Å². The zero-order valence-corrected chi connectivity index (χ0v) is 20.2. The first kappa shape index (κ1) is 24.5. The van der Waals surface area contributed by atoms with Gasteiger partial charge in [-0.2, -0.15) is 0 Å². The lowest BCUT2D eigenvalue weighted by Gasteiger charge is -2.25. The van der Waals surface area contributed by atoms with E-state index in [1.165, 1.54) is 37.9 Å². The summed E-state index contributed by atoms with van der Waals surface area (Å²) in [7, 11) is -0.701. The van der Waals surface area contributed by atoms with Gasteiger partial charge in [-0.1, -0.05) is 23.7 Å². The summed E-state index contributed by atoms with van der Waals surface area (Å²) >= 11 is 6.19. The van der Waals surface area contributed by atoms with Crippen molar-refractivity contribution in [2.75, 3.05) is 39.1 Å². The van der Waals surface area contributed by atoms with Crippen LogP contribution in [0.25, 0.3) is 0 Å². The van der Waals surface area contributed by atoms with Gasteiger partial charge in [0, 0.05) is 33.1 Å². The largest absolute Gasteiger partial charge is 0.494 e. The molecule has 2 aromatic carbocycles. The Morgan fingerprint density at radius 2 is 1.94 bits per heavy atom. The van der Waals surface area contributed by atoms with Crippen molar-refractivity contribution in [3.05, 3.63) is 53.1 Å². The lowest BCUT2D eigenvalue weighted by molar-refractivity contribution is -0.116. The van der Waals surface area contributed by atoms with Gasteiger partial charge in [0.15, 0.2) is 0 Å². The third-order valence-electron chi connectivity index (χ3n) is 5.56. The Labute approximate surface area is 195 Å². The van der Waals surface area contributed by atoms with Crippen molar-refractivity contribution < 1.29 is 17.9 Å². The predicted octanol–water partition coefficient (Wildman–Crippen LogP) is 4.15. The van der Waals surface area contributed by atoms with E-state index in [0.29, 0.717) is 23.9 Å². The van der Waals surface area contributed by atoms with Gasteiger partial charge >= 0.3 is 0 Å². The summed E-state index contributed by atoms with van der Waals surface area (Å²) in [5, 5.41) is 3.06. The van der Waals surface area contributed by atoms with Gasteiger partial charge < -0.3 is 10.1 Å². The molecule has 0 radical (unpaired) electrons. The smallest absolute Gasteiger partial charge is 0.242 e. The number of hydrogen-bond acceptors (Lipinski definition) is 5. The molecular formula is C23H30ClN3O4S. The van der Waals surface area contributed by atoms with Crippen LogP contribution in [0, 0.1) is 0 Å². The monoisotopic (exact) mass is 479 g/mol. The quantitative estimate of drug-likeness (QED) is 0.584. The third-order valence-corrected chi connectivity index (χ3v) is 7.70. The molecule has 1 heterocycles. The zero-order chi connectivity index (χ0) is 23.3. The van der Waals surface area contributed by atoms with E-state index in [9.17, 15) is 13.2 Å². The molecule has 1 fully saturated rings. The Balaban J connectivity index is 1.62. The topological polar surface area (TPSA) is 79.0 Å². The highest BCUT2D eigenvalue weighted by molar-refractivity contribution is 7.89. The molecule has 1 saturated heterocycles. The number of halogens is 1. The van der Waals surface area contributed by atoms with Crippen LogP contribution in [0.5, 0.6) is 5.75 Å². The SMILES string of the molecule is CCOc1ccc(C2CCCN2CCC(=O)Nc2cc(S(=O)(=O)N(C)C)ccc2Cl)cc1. The van der Waals surface area contributed by atoms with E-state index in [2.05, 4.69) is 22.3 Å². The van der Waals surface area contributed by atoms with E-state index in [4.69, 9.17) is 16.3 Å². The number of amides is 1. The molecule has 9 heteroatoms. The van der Waals surface area contributed by atoms with Gasteiger partial charge in [0.05, 0.1) is 22.2 Å². The molecule has 32 heavy (non-hydrogen) atoms. The van der Waals surface area contributed by atoms with Crippen molar-refractivity contribution >= 4 is 33.2 Å². The summed E-state index contributed by atoms with van der Waals surface area (Å²) < 4.78 is 31.4. The van der Waals surface area contributed by atoms with Gasteiger partial charge in [-0.05, 0) is 62.2 Å². The highest BCUT2D eigenvalue weighted by atomic mass is 35.5. The molecule has 1 aliphatic rings. The molecule has 2 aromatic rings. The Bertz CT molecular complexity index is 1040. The van der Waals surface area contributed by atoms with Gasteiger partial charge in [-0.15, -0.1) is 0 Å². The van der Waals surface area contributed by atoms with Crippen molar-refractivity contribution in [3.8, 4) is 5.75 Å². The molecule has 0 saturated carbocycles. The van der Waals surface area contributed by atoms with E-state index >= 15 is 0 Å². The van der Waals surface area contributed by atoms with E-state index in [1.54, 1.807) is 0 Å². The number of sulfonamides is 1. The van der Waals surface area contributed by atoms with Gasteiger partial charge in [-0.3, -0.25) is 9.69 Å². The normalized spacial score (nSPS) is 17.0. The number of nitrogens with one attached hydrogen (secondary N) is 1. The van der Waals surface area contributed by atoms with Crippen LogP contribution in [0.3, 0.4) is 0 Å². The third kappa shape index (κ3) is 5.81. The van der Waals surface area contributed by atoms with Crippen LogP contribution in [-0.4, -0.2) is 57.3 Å². The number of ether oxygens (including phenoxy) is 1. The number of likely N-dealkylation sites (tertiary alicyclic amines) is 1. The van der Waals surface area contributed by atoms with Crippen LogP contribution in [-0.2, 0) is 14.8 Å². The molecule has 0 spiro atoms. The second kappa shape index (κ2) is 10.7. The molecule has 1 aliphatic heterocycles. The van der Waals surface area contributed by atoms with Crippen LogP contribution in [0.15, 0.2) is 47.4 Å². The minimum absolute atomic E-state index is 0.0808. The Kier molecular flexibility index (Phi) is 8.16. The highest BCUT2D eigenvalue weighted by Gasteiger charge is 2.26. The summed E-state index contributed by atoms with van der Waals surface area (Å²) in [5.74, 6) is 0.652. The first-order chi connectivity index (χ1) is 15.2. The number of anilines is 1. The number of rotatable bonds is 9. The van der Waals surface area contributed by atoms with Crippen molar-refractivity contribution in [2.24, 2.45) is 0 Å². The predicted molar refractivity (Wildman–Crippen MR) is 127 cm³/mol. The summed E-state index contributed by atoms with van der Waals surface area (Å²) in [6.45, 7) is 4.14. The maximum Gasteiger partial charge on any atom is 0.242 e. The number of hydrogen-bond donors (Lipinski definition) is 1. The number of benzene rings is 2. The van der Waals surface area contributed by atoms with Crippen molar-refractivity contribution in [1.82, 2.24) is 9.21 Å². The van der Waals surface area contributed by atoms with Gasteiger partial charge in [-0.25, -0.2) is 12.7 Å². The number of nitrogens with zero attached hydrogens (tertiary/aromatic N) is 2. The summed E-state index contributed by atoms with van der Waals surface area (Å²) in [6.07, 6.45) is 2.41. The van der Waals surface area contributed by atoms with Gasteiger partial charge in [0.1, 0.15) is 5.75 Å². The molecule has 1 unspecified atom stereocenters. The molecule has 174 valence electrons. The van der Waals surface area contributed by atoms with E-state index in [1.807, 2.05) is 19.1 Å². The molecule has 1 amide bonds. The molecule has 1 atom stereocenters. The summed E-state index contributed by atoms with van der Waals surface area (Å²) in [5.41, 5.74) is 1.51. The number of carbonyl (C=O) groups is 1. The van der Waals surface area contributed by atoms with E-state index < -0.39 is 10.0 Å². The van der Waals surface area contributed by atoms with Crippen LogP contribution >= 0.6 is 11.6 Å². The van der Waals surface area contributed by atoms with E-state index in [-0.39, 0.29) is 23.3 Å². The van der Waals surface area contributed by atoms with Gasteiger partial charge in [0.25, 0.3) is 0 Å². The second-order valence-electron chi connectivity index (χ2n) is 7.92. The van der Waals surface area contributed by atoms with Crippen LogP contribution in [0.4, 0.5) is 5.69 Å². The maximum absolute atomic E-state index is 12.6. The summed E-state index contributed by atoms with van der Waals surface area (Å²) in [6, 6.07) is 12.7. The molecule has 1 N–H and O–H groups in total. The Hall–Kier alpha value is -2.13. The highest BCUT2D eigenvalue weighted by Crippen LogP contribution is 2.33. The minimum Gasteiger partial charge on any atom is -0.494 e. The molecule has 0 aromatic heterocycles. The van der Waals surface area contributed by atoms with E-state index in [0.717, 1.165) is 29.4 Å². The lowest BCUT2D eigenvalue weighted by Crippen LogP contribution is -2.28.